The number of amides is 2. The third kappa shape index (κ3) is 3.06. The van der Waals surface area contributed by atoms with E-state index < -0.39 is 5.54 Å². The van der Waals surface area contributed by atoms with Crippen molar-refractivity contribution in [3.8, 4) is 0 Å². The summed E-state index contributed by atoms with van der Waals surface area (Å²) in [7, 11) is 3.78. The van der Waals surface area contributed by atoms with Gasteiger partial charge in [0.2, 0.25) is 11.8 Å². The van der Waals surface area contributed by atoms with E-state index in [1.807, 2.05) is 24.1 Å². The van der Waals surface area contributed by atoms with Crippen molar-refractivity contribution >= 4 is 17.6 Å². The summed E-state index contributed by atoms with van der Waals surface area (Å²) in [5.41, 5.74) is -0.675. The number of rotatable bonds is 3. The fourth-order valence-corrected chi connectivity index (χ4v) is 5.38. The Labute approximate surface area is 156 Å². The Bertz CT molecular complexity index is 605. The molecule has 1 heterocycles. The highest BCUT2D eigenvalue weighted by Crippen LogP contribution is 2.50. The molecule has 1 saturated heterocycles. The first-order valence-corrected chi connectivity index (χ1v) is 10.0. The first kappa shape index (κ1) is 19.3. The second-order valence-electron chi connectivity index (χ2n) is 8.76. The van der Waals surface area contributed by atoms with E-state index in [0.717, 1.165) is 32.1 Å². The van der Waals surface area contributed by atoms with E-state index in [-0.39, 0.29) is 41.3 Å². The first-order chi connectivity index (χ1) is 12.2. The molecule has 2 aliphatic carbocycles. The molecule has 1 aliphatic heterocycles. The lowest BCUT2D eigenvalue weighted by Crippen LogP contribution is -2.51. The smallest absolute Gasteiger partial charge is 0.241 e. The molecule has 6 nitrogen and oxygen atoms in total. The number of hydrogen-bond donors (Lipinski definition) is 1. The monoisotopic (exact) mass is 363 g/mol. The van der Waals surface area contributed by atoms with Crippen molar-refractivity contribution in [3.05, 3.63) is 0 Å². The molecule has 3 fully saturated rings. The lowest BCUT2D eigenvalue weighted by Gasteiger charge is -2.34. The second kappa shape index (κ2) is 6.95. The maximum atomic E-state index is 13.4. The van der Waals surface area contributed by atoms with Gasteiger partial charge in [-0.2, -0.15) is 0 Å². The van der Waals surface area contributed by atoms with E-state index in [0.29, 0.717) is 12.5 Å². The van der Waals surface area contributed by atoms with Crippen LogP contribution in [0.5, 0.6) is 0 Å². The maximum absolute atomic E-state index is 13.4. The Kier molecular flexibility index (Phi) is 5.17. The van der Waals surface area contributed by atoms with Gasteiger partial charge in [-0.25, -0.2) is 5.01 Å². The summed E-state index contributed by atoms with van der Waals surface area (Å²) in [6, 6.07) is 0. The van der Waals surface area contributed by atoms with Gasteiger partial charge in [0.15, 0.2) is 5.78 Å². The summed E-state index contributed by atoms with van der Waals surface area (Å²) in [6.45, 7) is 6.47. The molecule has 0 spiro atoms. The van der Waals surface area contributed by atoms with E-state index in [9.17, 15) is 14.4 Å². The second-order valence-corrected chi connectivity index (χ2v) is 8.76. The van der Waals surface area contributed by atoms with Crippen LogP contribution in [0.25, 0.3) is 0 Å². The predicted molar refractivity (Wildman–Crippen MR) is 98.8 cm³/mol. The van der Waals surface area contributed by atoms with E-state index in [1.165, 1.54) is 0 Å². The van der Waals surface area contributed by atoms with E-state index >= 15 is 0 Å². The van der Waals surface area contributed by atoms with Crippen LogP contribution in [0.4, 0.5) is 0 Å². The van der Waals surface area contributed by atoms with Gasteiger partial charge in [-0.1, -0.05) is 20.3 Å². The summed E-state index contributed by atoms with van der Waals surface area (Å²) in [6.07, 6.45) is 4.16. The molecule has 6 unspecified atom stereocenters. The summed E-state index contributed by atoms with van der Waals surface area (Å²) >= 11 is 0. The SMILES string of the molecule is CCC1CC2C(=O)NC3(C(C)=O)CC3CCCN(N(C)C)C(=O)C2C1C. The molecule has 3 rings (SSSR count). The Morgan fingerprint density at radius 1 is 1.35 bits per heavy atom. The van der Waals surface area contributed by atoms with Crippen molar-refractivity contribution in [2.45, 2.75) is 58.4 Å². The number of carbonyl (C=O) groups excluding carboxylic acids is 3. The Morgan fingerprint density at radius 3 is 2.62 bits per heavy atom. The number of fused-ring (bicyclic) bond motifs is 2. The molecule has 0 aromatic heterocycles. The summed E-state index contributed by atoms with van der Waals surface area (Å²) in [4.78, 5) is 38.8. The normalized spacial score (nSPS) is 40.5. The zero-order chi connectivity index (χ0) is 19.2. The number of hydrogen-bond acceptors (Lipinski definition) is 4. The molecule has 26 heavy (non-hydrogen) atoms. The van der Waals surface area contributed by atoms with Gasteiger partial charge < -0.3 is 5.32 Å². The Hall–Kier alpha value is -1.43. The van der Waals surface area contributed by atoms with Crippen LogP contribution in [-0.2, 0) is 14.4 Å². The fourth-order valence-electron chi connectivity index (χ4n) is 5.38. The number of ketones is 1. The molecule has 3 aliphatic rings. The molecule has 146 valence electrons. The van der Waals surface area contributed by atoms with Crippen LogP contribution >= 0.6 is 0 Å². The number of nitrogens with one attached hydrogen (secondary N) is 1. The van der Waals surface area contributed by atoms with Gasteiger partial charge in [0.05, 0.1) is 11.8 Å². The zero-order valence-corrected chi connectivity index (χ0v) is 16.7. The molecule has 1 N–H and O–H groups in total. The number of carbonyl (C=O) groups is 3. The van der Waals surface area contributed by atoms with E-state index in [1.54, 1.807) is 6.92 Å². The minimum Gasteiger partial charge on any atom is -0.343 e. The number of hydrazine groups is 1. The molecule has 0 radical (unpaired) electrons. The zero-order valence-electron chi connectivity index (χ0n) is 16.7. The standard InChI is InChI=1S/C20H33N3O3/c1-6-14-10-16-17(12(14)2)19(26)23(22(4)5)9-7-8-15-11-20(15,13(3)24)21-18(16)25/h12,14-17H,6-11H2,1-5H3,(H,21,25). The topological polar surface area (TPSA) is 69.7 Å². The van der Waals surface area contributed by atoms with E-state index in [2.05, 4.69) is 19.2 Å². The average Bonchev–Trinajstić information content (AvgIpc) is 3.16. The third-order valence-electron chi connectivity index (χ3n) is 7.19. The van der Waals surface area contributed by atoms with Crippen molar-refractivity contribution in [2.24, 2.45) is 29.6 Å². The molecule has 2 saturated carbocycles. The van der Waals surface area contributed by atoms with Crippen LogP contribution in [0, 0.1) is 29.6 Å². The highest BCUT2D eigenvalue weighted by atomic mass is 16.2. The average molecular weight is 364 g/mol. The van der Waals surface area contributed by atoms with Crippen molar-refractivity contribution in [2.75, 3.05) is 20.6 Å². The highest BCUT2D eigenvalue weighted by Gasteiger charge is 2.60. The molecular formula is C20H33N3O3. The van der Waals surface area contributed by atoms with Gasteiger partial charge in [-0.3, -0.25) is 19.4 Å². The largest absolute Gasteiger partial charge is 0.343 e. The van der Waals surface area contributed by atoms with Gasteiger partial charge in [0.25, 0.3) is 0 Å². The molecule has 0 bridgehead atoms. The van der Waals surface area contributed by atoms with E-state index in [4.69, 9.17) is 0 Å². The van der Waals surface area contributed by atoms with Gasteiger partial charge >= 0.3 is 0 Å². The maximum Gasteiger partial charge on any atom is 0.241 e. The Balaban J connectivity index is 1.95. The number of Topliss-reactive ketones (excluding diaryl/α,β-unsaturated/α-hetero) is 1. The number of nitrogens with zero attached hydrogens (tertiary/aromatic N) is 2. The van der Waals surface area contributed by atoms with Crippen LogP contribution < -0.4 is 5.32 Å². The van der Waals surface area contributed by atoms with Gasteiger partial charge in [0, 0.05) is 20.6 Å². The molecular weight excluding hydrogens is 330 g/mol. The molecule has 6 heteroatoms. The van der Waals surface area contributed by atoms with Crippen molar-refractivity contribution in [3.63, 3.8) is 0 Å². The van der Waals surface area contributed by atoms with Gasteiger partial charge in [0.1, 0.15) is 5.54 Å². The lowest BCUT2D eigenvalue weighted by atomic mass is 9.86. The van der Waals surface area contributed by atoms with Crippen LogP contribution in [0.1, 0.15) is 52.9 Å². The minimum absolute atomic E-state index is 0.0560. The fraction of sp³-hybridized carbons (Fsp3) is 0.850. The summed E-state index contributed by atoms with van der Waals surface area (Å²) < 4.78 is 0. The first-order valence-electron chi connectivity index (χ1n) is 10.0. The quantitative estimate of drug-likeness (QED) is 0.831. The van der Waals surface area contributed by atoms with Crippen molar-refractivity contribution in [1.29, 1.82) is 0 Å². The molecule has 2 amide bonds. The van der Waals surface area contributed by atoms with Crippen LogP contribution in [0.15, 0.2) is 0 Å². The molecule has 0 aromatic carbocycles. The van der Waals surface area contributed by atoms with Crippen molar-refractivity contribution < 1.29 is 14.4 Å². The molecule has 0 aromatic rings. The van der Waals surface area contributed by atoms with Gasteiger partial charge in [-0.15, -0.1) is 0 Å². The van der Waals surface area contributed by atoms with Crippen LogP contribution in [0.2, 0.25) is 0 Å². The third-order valence-corrected chi connectivity index (χ3v) is 7.19. The highest BCUT2D eigenvalue weighted by molar-refractivity contribution is 5.96. The van der Waals surface area contributed by atoms with Gasteiger partial charge in [-0.05, 0) is 50.4 Å². The lowest BCUT2D eigenvalue weighted by molar-refractivity contribution is -0.154. The minimum atomic E-state index is -0.675. The Morgan fingerprint density at radius 2 is 2.04 bits per heavy atom. The summed E-state index contributed by atoms with van der Waals surface area (Å²) in [5, 5.41) is 6.75. The molecule has 6 atom stereocenters. The summed E-state index contributed by atoms with van der Waals surface area (Å²) in [5.74, 6) is 0.142. The predicted octanol–water partition coefficient (Wildman–Crippen LogP) is 1.85. The van der Waals surface area contributed by atoms with Crippen LogP contribution in [-0.4, -0.2) is 53.8 Å². The van der Waals surface area contributed by atoms with Crippen LogP contribution in [0.3, 0.4) is 0 Å². The van der Waals surface area contributed by atoms with Crippen molar-refractivity contribution in [1.82, 2.24) is 15.3 Å².